The van der Waals surface area contributed by atoms with Crippen LogP contribution in [0.25, 0.3) is 11.4 Å². The van der Waals surface area contributed by atoms with Crippen LogP contribution in [0.15, 0.2) is 29.0 Å². The van der Waals surface area contributed by atoms with Crippen LogP contribution >= 0.6 is 0 Å². The third-order valence-corrected chi connectivity index (χ3v) is 1.89. The van der Waals surface area contributed by atoms with Crippen LogP contribution in [0, 0.1) is 0 Å². The summed E-state index contributed by atoms with van der Waals surface area (Å²) in [6.07, 6.45) is 3.27. The number of nitrogens with two attached hydrogens (primary N) is 1. The number of hydrogen-bond acceptors (Lipinski definition) is 6. The highest BCUT2D eigenvalue weighted by atomic mass is 16.5. The van der Waals surface area contributed by atoms with E-state index < -0.39 is 6.04 Å². The summed E-state index contributed by atoms with van der Waals surface area (Å²) >= 11 is 0. The zero-order valence-corrected chi connectivity index (χ0v) is 7.87. The molecule has 0 saturated heterocycles. The van der Waals surface area contributed by atoms with Crippen LogP contribution in [0.5, 0.6) is 0 Å². The van der Waals surface area contributed by atoms with Crippen molar-refractivity contribution in [2.45, 2.75) is 6.04 Å². The number of hydrogen-bond donors (Lipinski definition) is 2. The summed E-state index contributed by atoms with van der Waals surface area (Å²) in [5.41, 5.74) is 6.32. The number of pyridine rings is 1. The summed E-state index contributed by atoms with van der Waals surface area (Å²) in [7, 11) is 0. The molecule has 0 amide bonds. The van der Waals surface area contributed by atoms with Crippen molar-refractivity contribution in [3.63, 3.8) is 0 Å². The number of aliphatic hydroxyl groups excluding tert-OH is 1. The van der Waals surface area contributed by atoms with Gasteiger partial charge in [0.2, 0.25) is 11.7 Å². The largest absolute Gasteiger partial charge is 0.394 e. The Morgan fingerprint density at radius 1 is 1.40 bits per heavy atom. The first-order valence-electron chi connectivity index (χ1n) is 4.41. The molecule has 78 valence electrons. The van der Waals surface area contributed by atoms with Gasteiger partial charge in [0.25, 0.3) is 0 Å². The van der Waals surface area contributed by atoms with Crippen molar-refractivity contribution >= 4 is 0 Å². The monoisotopic (exact) mass is 206 g/mol. The molecule has 3 N–H and O–H groups in total. The lowest BCUT2D eigenvalue weighted by molar-refractivity contribution is 0.237. The van der Waals surface area contributed by atoms with Gasteiger partial charge in [-0.2, -0.15) is 4.98 Å². The van der Waals surface area contributed by atoms with Crippen molar-refractivity contribution < 1.29 is 9.63 Å². The lowest BCUT2D eigenvalue weighted by atomic mass is 10.2. The van der Waals surface area contributed by atoms with Crippen LogP contribution in [0.2, 0.25) is 0 Å². The Morgan fingerprint density at radius 2 is 2.13 bits per heavy atom. The Kier molecular flexibility index (Phi) is 2.70. The lowest BCUT2D eigenvalue weighted by Gasteiger charge is -1.98. The van der Waals surface area contributed by atoms with Crippen LogP contribution in [-0.2, 0) is 0 Å². The van der Waals surface area contributed by atoms with Gasteiger partial charge in [0, 0.05) is 18.0 Å². The standard InChI is InChI=1S/C9H10N4O2/c10-7(5-14)9-12-8(13-15-9)6-1-3-11-4-2-6/h1-4,7,14H,5,10H2/t7-/m0/s1. The molecule has 0 unspecified atom stereocenters. The van der Waals surface area contributed by atoms with E-state index in [4.69, 9.17) is 15.4 Å². The fourth-order valence-electron chi connectivity index (χ4n) is 1.08. The van der Waals surface area contributed by atoms with Gasteiger partial charge in [-0.05, 0) is 12.1 Å². The molecule has 0 fully saturated rings. The zero-order chi connectivity index (χ0) is 10.7. The fourth-order valence-corrected chi connectivity index (χ4v) is 1.08. The average Bonchev–Trinajstić information content (AvgIpc) is 2.78. The minimum atomic E-state index is -0.631. The average molecular weight is 206 g/mol. The summed E-state index contributed by atoms with van der Waals surface area (Å²) in [6, 6.07) is 2.89. The maximum absolute atomic E-state index is 8.81. The molecular weight excluding hydrogens is 196 g/mol. The first-order valence-corrected chi connectivity index (χ1v) is 4.41. The molecule has 0 aliphatic carbocycles. The van der Waals surface area contributed by atoms with E-state index in [0.717, 1.165) is 5.56 Å². The second-order valence-electron chi connectivity index (χ2n) is 2.98. The molecule has 1 atom stereocenters. The highest BCUT2D eigenvalue weighted by molar-refractivity contribution is 5.52. The maximum Gasteiger partial charge on any atom is 0.246 e. The summed E-state index contributed by atoms with van der Waals surface area (Å²) in [6.45, 7) is -0.224. The van der Waals surface area contributed by atoms with E-state index >= 15 is 0 Å². The molecule has 0 aromatic carbocycles. The minimum Gasteiger partial charge on any atom is -0.394 e. The Hall–Kier alpha value is -1.79. The first-order chi connectivity index (χ1) is 7.31. The smallest absolute Gasteiger partial charge is 0.246 e. The van der Waals surface area contributed by atoms with E-state index in [-0.39, 0.29) is 12.5 Å². The molecule has 0 saturated carbocycles. The number of aromatic nitrogens is 3. The van der Waals surface area contributed by atoms with E-state index in [1.54, 1.807) is 24.5 Å². The molecule has 0 aliphatic rings. The van der Waals surface area contributed by atoms with Gasteiger partial charge in [-0.3, -0.25) is 4.98 Å². The Balaban J connectivity index is 2.28. The third-order valence-electron chi connectivity index (χ3n) is 1.89. The topological polar surface area (TPSA) is 98.1 Å². The van der Waals surface area contributed by atoms with Crippen LogP contribution in [0.1, 0.15) is 11.9 Å². The summed E-state index contributed by atoms with van der Waals surface area (Å²) < 4.78 is 4.91. The van der Waals surface area contributed by atoms with Gasteiger partial charge in [0.15, 0.2) is 0 Å². The van der Waals surface area contributed by atoms with E-state index in [1.807, 2.05) is 0 Å². The molecule has 6 nitrogen and oxygen atoms in total. The molecular formula is C9H10N4O2. The number of rotatable bonds is 3. The number of aliphatic hydroxyl groups is 1. The third kappa shape index (κ3) is 2.00. The van der Waals surface area contributed by atoms with E-state index in [1.165, 1.54) is 0 Å². The van der Waals surface area contributed by atoms with Crippen LogP contribution < -0.4 is 5.73 Å². The summed E-state index contributed by atoms with van der Waals surface area (Å²) in [5.74, 6) is 0.667. The van der Waals surface area contributed by atoms with Gasteiger partial charge >= 0.3 is 0 Å². The van der Waals surface area contributed by atoms with Crippen LogP contribution in [0.3, 0.4) is 0 Å². The van der Waals surface area contributed by atoms with Crippen molar-refractivity contribution in [1.29, 1.82) is 0 Å². The maximum atomic E-state index is 8.81. The van der Waals surface area contributed by atoms with Crippen molar-refractivity contribution in [1.82, 2.24) is 15.1 Å². The van der Waals surface area contributed by atoms with E-state index in [0.29, 0.717) is 5.82 Å². The van der Waals surface area contributed by atoms with Crippen molar-refractivity contribution in [3.8, 4) is 11.4 Å². The molecule has 0 bridgehead atoms. The SMILES string of the molecule is N[C@@H](CO)c1nc(-c2ccncc2)no1. The van der Waals surface area contributed by atoms with Crippen molar-refractivity contribution in [3.05, 3.63) is 30.4 Å². The molecule has 2 heterocycles. The van der Waals surface area contributed by atoms with Gasteiger partial charge in [0.05, 0.1) is 6.61 Å². The van der Waals surface area contributed by atoms with Gasteiger partial charge in [-0.25, -0.2) is 0 Å². The van der Waals surface area contributed by atoms with E-state index in [2.05, 4.69) is 15.1 Å². The molecule has 2 aromatic rings. The first kappa shape index (κ1) is 9.75. The van der Waals surface area contributed by atoms with Gasteiger partial charge in [-0.1, -0.05) is 5.16 Å². The minimum absolute atomic E-state index is 0.224. The molecule has 2 aromatic heterocycles. The highest BCUT2D eigenvalue weighted by Crippen LogP contribution is 2.16. The predicted molar refractivity (Wildman–Crippen MR) is 51.5 cm³/mol. The molecule has 15 heavy (non-hydrogen) atoms. The Bertz CT molecular complexity index is 429. The molecule has 2 rings (SSSR count). The Labute approximate surface area is 85.8 Å². The molecule has 0 radical (unpaired) electrons. The molecule has 0 spiro atoms. The van der Waals surface area contributed by atoms with Crippen LogP contribution in [-0.4, -0.2) is 26.8 Å². The fraction of sp³-hybridized carbons (Fsp3) is 0.222. The van der Waals surface area contributed by atoms with Crippen molar-refractivity contribution in [2.24, 2.45) is 5.73 Å². The van der Waals surface area contributed by atoms with Crippen LogP contribution in [0.4, 0.5) is 0 Å². The van der Waals surface area contributed by atoms with Gasteiger partial charge < -0.3 is 15.4 Å². The lowest BCUT2D eigenvalue weighted by Crippen LogP contribution is -2.14. The second kappa shape index (κ2) is 4.16. The van der Waals surface area contributed by atoms with Gasteiger partial charge in [-0.15, -0.1) is 0 Å². The number of nitrogens with zero attached hydrogens (tertiary/aromatic N) is 3. The predicted octanol–water partition coefficient (Wildman–Crippen LogP) is 0.124. The Morgan fingerprint density at radius 3 is 2.80 bits per heavy atom. The highest BCUT2D eigenvalue weighted by Gasteiger charge is 2.14. The van der Waals surface area contributed by atoms with Gasteiger partial charge in [0.1, 0.15) is 6.04 Å². The normalized spacial score (nSPS) is 12.7. The summed E-state index contributed by atoms with van der Waals surface area (Å²) in [4.78, 5) is 7.94. The quantitative estimate of drug-likeness (QED) is 0.740. The summed E-state index contributed by atoms with van der Waals surface area (Å²) in [5, 5.41) is 12.6. The molecule has 0 aliphatic heterocycles. The second-order valence-corrected chi connectivity index (χ2v) is 2.98. The van der Waals surface area contributed by atoms with Crippen molar-refractivity contribution in [2.75, 3.05) is 6.61 Å². The van der Waals surface area contributed by atoms with E-state index in [9.17, 15) is 0 Å². The molecule has 6 heteroatoms. The zero-order valence-electron chi connectivity index (χ0n) is 7.87.